The average Bonchev–Trinajstić information content (AvgIpc) is 3.31. The number of halogens is 3. The summed E-state index contributed by atoms with van der Waals surface area (Å²) in [5.74, 6) is -1.30. The van der Waals surface area contributed by atoms with Crippen LogP contribution in [0.2, 0.25) is 0 Å². The maximum Gasteiger partial charge on any atom is 0.451 e. The first-order valence-corrected chi connectivity index (χ1v) is 8.00. The van der Waals surface area contributed by atoms with E-state index in [1.807, 2.05) is 6.07 Å². The van der Waals surface area contributed by atoms with Gasteiger partial charge in [0.2, 0.25) is 5.82 Å². The molecule has 1 aliphatic rings. The van der Waals surface area contributed by atoms with E-state index in [2.05, 4.69) is 25.7 Å². The van der Waals surface area contributed by atoms with Crippen LogP contribution in [0.25, 0.3) is 0 Å². The molecule has 12 heteroatoms. The molecule has 3 aromatic rings. The number of benzene rings is 1. The minimum absolute atomic E-state index is 0.0416. The Morgan fingerprint density at radius 2 is 1.89 bits per heavy atom. The molecule has 4 rings (SSSR count). The fourth-order valence-corrected chi connectivity index (χ4v) is 3.06. The Morgan fingerprint density at radius 1 is 1.11 bits per heavy atom. The number of hydrogen-bond acceptors (Lipinski definition) is 6. The maximum absolute atomic E-state index is 13.1. The van der Waals surface area contributed by atoms with E-state index in [-0.39, 0.29) is 31.4 Å². The molecule has 27 heavy (non-hydrogen) atoms. The van der Waals surface area contributed by atoms with Crippen LogP contribution in [-0.2, 0) is 24.1 Å². The molecule has 3 heterocycles. The van der Waals surface area contributed by atoms with Gasteiger partial charge in [-0.3, -0.25) is 4.79 Å². The number of aromatic nitrogens is 7. The van der Waals surface area contributed by atoms with Gasteiger partial charge in [-0.15, -0.1) is 15.3 Å². The first kappa shape index (κ1) is 17.1. The summed E-state index contributed by atoms with van der Waals surface area (Å²) in [5.41, 5.74) is 0.665. The number of carbonyl (C=O) groups excluding carboxylic acids is 1. The predicted octanol–water partition coefficient (Wildman–Crippen LogP) is 0.915. The van der Waals surface area contributed by atoms with Crippen molar-refractivity contribution in [1.82, 2.24) is 39.9 Å². The summed E-state index contributed by atoms with van der Waals surface area (Å²) in [4.78, 5) is 14.6. The maximum atomic E-state index is 13.1. The van der Waals surface area contributed by atoms with Crippen molar-refractivity contribution in [2.45, 2.75) is 25.3 Å². The highest BCUT2D eigenvalue weighted by molar-refractivity contribution is 5.83. The van der Waals surface area contributed by atoms with Crippen molar-refractivity contribution in [2.75, 3.05) is 6.54 Å². The van der Waals surface area contributed by atoms with Gasteiger partial charge in [0.05, 0.1) is 6.54 Å². The molecule has 0 bridgehead atoms. The molecule has 9 nitrogen and oxygen atoms in total. The summed E-state index contributed by atoms with van der Waals surface area (Å²) in [5, 5.41) is 17.8. The van der Waals surface area contributed by atoms with Gasteiger partial charge in [-0.25, -0.2) is 4.68 Å². The van der Waals surface area contributed by atoms with E-state index in [1.165, 1.54) is 15.9 Å². The fraction of sp³-hybridized carbons (Fsp3) is 0.333. The number of amides is 1. The van der Waals surface area contributed by atoms with Crippen LogP contribution in [0, 0.1) is 0 Å². The van der Waals surface area contributed by atoms with Crippen LogP contribution in [0.1, 0.15) is 23.3 Å². The van der Waals surface area contributed by atoms with Gasteiger partial charge < -0.3 is 9.47 Å². The van der Waals surface area contributed by atoms with Gasteiger partial charge in [0.15, 0.2) is 11.9 Å². The van der Waals surface area contributed by atoms with Gasteiger partial charge in [-0.1, -0.05) is 30.3 Å². The summed E-state index contributed by atoms with van der Waals surface area (Å²) < 4.78 is 41.2. The lowest BCUT2D eigenvalue weighted by Crippen LogP contribution is -2.43. The van der Waals surface area contributed by atoms with Crippen LogP contribution < -0.4 is 0 Å². The Kier molecular flexibility index (Phi) is 4.09. The van der Waals surface area contributed by atoms with Crippen LogP contribution in [-0.4, -0.2) is 52.3 Å². The van der Waals surface area contributed by atoms with Crippen molar-refractivity contribution in [1.29, 1.82) is 0 Å². The number of carbonyl (C=O) groups is 1. The third kappa shape index (κ3) is 3.13. The Labute approximate surface area is 150 Å². The zero-order chi connectivity index (χ0) is 19.0. The molecule has 0 spiro atoms. The number of tetrazole rings is 1. The fourth-order valence-electron chi connectivity index (χ4n) is 3.06. The second-order valence-corrected chi connectivity index (χ2v) is 5.95. The van der Waals surface area contributed by atoms with Crippen LogP contribution in [0.15, 0.2) is 36.7 Å². The summed E-state index contributed by atoms with van der Waals surface area (Å²) >= 11 is 0. The molecule has 0 saturated heterocycles. The van der Waals surface area contributed by atoms with E-state index in [0.717, 1.165) is 4.57 Å². The Bertz CT molecular complexity index is 938. The second kappa shape index (κ2) is 6.45. The van der Waals surface area contributed by atoms with Gasteiger partial charge in [0, 0.05) is 13.1 Å². The van der Waals surface area contributed by atoms with Gasteiger partial charge >= 0.3 is 6.18 Å². The van der Waals surface area contributed by atoms with Gasteiger partial charge in [0.1, 0.15) is 6.33 Å². The van der Waals surface area contributed by atoms with E-state index in [4.69, 9.17) is 0 Å². The molecule has 1 amide bonds. The molecule has 0 fully saturated rings. The van der Waals surface area contributed by atoms with Gasteiger partial charge in [0.25, 0.3) is 5.91 Å². The molecule has 0 saturated carbocycles. The van der Waals surface area contributed by atoms with Crippen LogP contribution in [0.5, 0.6) is 0 Å². The molecular weight excluding hydrogens is 365 g/mol. The molecule has 1 unspecified atom stereocenters. The summed E-state index contributed by atoms with van der Waals surface area (Å²) in [6, 6.07) is 8.08. The minimum atomic E-state index is -4.59. The van der Waals surface area contributed by atoms with Crippen molar-refractivity contribution in [2.24, 2.45) is 0 Å². The van der Waals surface area contributed by atoms with Crippen molar-refractivity contribution in [3.63, 3.8) is 0 Å². The number of rotatable bonds is 3. The van der Waals surface area contributed by atoms with E-state index in [0.29, 0.717) is 5.56 Å². The molecule has 1 aromatic carbocycles. The highest BCUT2D eigenvalue weighted by atomic mass is 19.4. The predicted molar refractivity (Wildman–Crippen MR) is 82.8 cm³/mol. The molecule has 0 radical (unpaired) electrons. The number of hydrogen-bond donors (Lipinski definition) is 0. The Morgan fingerprint density at radius 3 is 2.56 bits per heavy atom. The second-order valence-electron chi connectivity index (χ2n) is 5.95. The monoisotopic (exact) mass is 378 g/mol. The molecular formula is C15H13F3N8O. The lowest BCUT2D eigenvalue weighted by atomic mass is 10.1. The van der Waals surface area contributed by atoms with Crippen molar-refractivity contribution in [3.8, 4) is 0 Å². The topological polar surface area (TPSA) is 94.6 Å². The van der Waals surface area contributed by atoms with E-state index >= 15 is 0 Å². The normalized spacial score (nSPS) is 15.4. The average molecular weight is 378 g/mol. The summed E-state index contributed by atoms with van der Waals surface area (Å²) in [6.07, 6.45) is -3.26. The first-order valence-electron chi connectivity index (χ1n) is 8.00. The largest absolute Gasteiger partial charge is 0.451 e. The summed E-state index contributed by atoms with van der Waals surface area (Å²) in [7, 11) is 0. The Balaban J connectivity index is 1.63. The molecule has 140 valence electrons. The van der Waals surface area contributed by atoms with Crippen LogP contribution in [0.4, 0.5) is 13.2 Å². The van der Waals surface area contributed by atoms with Crippen molar-refractivity contribution in [3.05, 3.63) is 53.9 Å². The van der Waals surface area contributed by atoms with Gasteiger partial charge in [-0.05, 0) is 16.0 Å². The molecule has 0 N–H and O–H groups in total. The lowest BCUT2D eigenvalue weighted by Gasteiger charge is -2.31. The first-order chi connectivity index (χ1) is 12.9. The molecule has 1 aliphatic heterocycles. The third-order valence-corrected chi connectivity index (χ3v) is 4.30. The molecule has 2 aromatic heterocycles. The number of nitrogens with zero attached hydrogens (tertiary/aromatic N) is 8. The zero-order valence-corrected chi connectivity index (χ0v) is 13.8. The quantitative estimate of drug-likeness (QED) is 0.673. The van der Waals surface area contributed by atoms with Crippen molar-refractivity contribution >= 4 is 5.91 Å². The number of fused-ring (bicyclic) bond motifs is 1. The van der Waals surface area contributed by atoms with E-state index < -0.39 is 18.0 Å². The summed E-state index contributed by atoms with van der Waals surface area (Å²) in [6.45, 7) is -0.0220. The number of alkyl halides is 3. The molecule has 0 aliphatic carbocycles. The van der Waals surface area contributed by atoms with Crippen LogP contribution >= 0.6 is 0 Å². The smallest absolute Gasteiger partial charge is 0.331 e. The van der Waals surface area contributed by atoms with Gasteiger partial charge in [-0.2, -0.15) is 13.2 Å². The lowest BCUT2D eigenvalue weighted by molar-refractivity contribution is -0.148. The third-order valence-electron chi connectivity index (χ3n) is 4.30. The standard InChI is InChI=1S/C15H13F3N8O/c16-15(17,18)14-21-20-11-8-24(6-7-25(11)14)13(27)12(26-9-19-22-23-26)10-4-2-1-3-5-10/h1-5,9,12H,6-8H2. The van der Waals surface area contributed by atoms with E-state index in [1.54, 1.807) is 24.3 Å². The SMILES string of the molecule is O=C(C(c1ccccc1)n1cnnn1)N1CCn2c(nnc2C(F)(F)F)C1. The Hall–Kier alpha value is -3.31. The minimum Gasteiger partial charge on any atom is -0.331 e. The van der Waals surface area contributed by atoms with E-state index in [9.17, 15) is 18.0 Å². The van der Waals surface area contributed by atoms with Crippen LogP contribution in [0.3, 0.4) is 0 Å². The van der Waals surface area contributed by atoms with Crippen molar-refractivity contribution < 1.29 is 18.0 Å². The highest BCUT2D eigenvalue weighted by Crippen LogP contribution is 2.30. The molecule has 1 atom stereocenters. The zero-order valence-electron chi connectivity index (χ0n) is 13.8. The highest BCUT2D eigenvalue weighted by Gasteiger charge is 2.40.